The van der Waals surface area contributed by atoms with Gasteiger partial charge in [-0.1, -0.05) is 18.2 Å². The fourth-order valence-electron chi connectivity index (χ4n) is 1.22. The van der Waals surface area contributed by atoms with Crippen molar-refractivity contribution in [2.24, 2.45) is 0 Å². The first-order chi connectivity index (χ1) is 7.18. The first-order valence-corrected chi connectivity index (χ1v) is 5.10. The van der Waals surface area contributed by atoms with E-state index in [1.807, 2.05) is 37.3 Å². The zero-order valence-electron chi connectivity index (χ0n) is 9.19. The number of ether oxygens (including phenoxy) is 1. The third kappa shape index (κ3) is 5.18. The molecular formula is C12H17NO2. The van der Waals surface area contributed by atoms with Crippen molar-refractivity contribution in [3.05, 3.63) is 30.3 Å². The van der Waals surface area contributed by atoms with E-state index in [1.54, 1.807) is 6.92 Å². The molecule has 1 aromatic carbocycles. The van der Waals surface area contributed by atoms with Crippen LogP contribution in [0, 0.1) is 0 Å². The lowest BCUT2D eigenvalue weighted by Gasteiger charge is -2.14. The highest BCUT2D eigenvalue weighted by Gasteiger charge is 2.03. The van der Waals surface area contributed by atoms with E-state index in [2.05, 4.69) is 5.32 Å². The van der Waals surface area contributed by atoms with Crippen molar-refractivity contribution in [2.45, 2.75) is 20.0 Å². The first-order valence-electron chi connectivity index (χ1n) is 5.10. The van der Waals surface area contributed by atoms with Crippen molar-refractivity contribution in [3.8, 4) is 5.75 Å². The molecule has 0 radical (unpaired) electrons. The molecule has 0 fully saturated rings. The van der Waals surface area contributed by atoms with E-state index in [1.165, 1.54) is 0 Å². The standard InChI is InChI=1S/C12H17NO2/c1-10(14)8-13-9-11(2)15-12-6-4-3-5-7-12/h3-7,11,13H,8-9H2,1-2H3. The summed E-state index contributed by atoms with van der Waals surface area (Å²) >= 11 is 0. The van der Waals surface area contributed by atoms with Crippen molar-refractivity contribution in [3.63, 3.8) is 0 Å². The number of hydrogen-bond donors (Lipinski definition) is 1. The third-order valence-electron chi connectivity index (χ3n) is 1.89. The van der Waals surface area contributed by atoms with Crippen LogP contribution in [0.4, 0.5) is 0 Å². The molecule has 3 heteroatoms. The molecule has 0 saturated carbocycles. The second-order valence-electron chi connectivity index (χ2n) is 3.57. The molecule has 0 aliphatic rings. The summed E-state index contributed by atoms with van der Waals surface area (Å²) in [6.45, 7) is 4.62. The second-order valence-corrected chi connectivity index (χ2v) is 3.57. The van der Waals surface area contributed by atoms with Crippen molar-refractivity contribution in [1.82, 2.24) is 5.32 Å². The number of carbonyl (C=O) groups is 1. The SMILES string of the molecule is CC(=O)CNCC(C)Oc1ccccc1. The van der Waals surface area contributed by atoms with Crippen LogP contribution in [-0.4, -0.2) is 25.0 Å². The van der Waals surface area contributed by atoms with Crippen LogP contribution < -0.4 is 10.1 Å². The van der Waals surface area contributed by atoms with Gasteiger partial charge in [-0.3, -0.25) is 4.79 Å². The average molecular weight is 207 g/mol. The Balaban J connectivity index is 2.24. The van der Waals surface area contributed by atoms with Crippen LogP contribution in [0.1, 0.15) is 13.8 Å². The lowest BCUT2D eigenvalue weighted by molar-refractivity contribution is -0.116. The predicted molar refractivity (Wildman–Crippen MR) is 60.1 cm³/mol. The molecule has 0 bridgehead atoms. The van der Waals surface area contributed by atoms with Gasteiger partial charge in [0.15, 0.2) is 0 Å². The summed E-state index contributed by atoms with van der Waals surface area (Å²) in [6, 6.07) is 9.66. The van der Waals surface area contributed by atoms with Gasteiger partial charge in [0.25, 0.3) is 0 Å². The van der Waals surface area contributed by atoms with Gasteiger partial charge in [0.1, 0.15) is 17.6 Å². The normalized spacial score (nSPS) is 12.1. The van der Waals surface area contributed by atoms with Crippen LogP contribution in [0.3, 0.4) is 0 Å². The highest BCUT2D eigenvalue weighted by molar-refractivity contribution is 5.77. The summed E-state index contributed by atoms with van der Waals surface area (Å²) in [4.78, 5) is 10.7. The van der Waals surface area contributed by atoms with Crippen molar-refractivity contribution >= 4 is 5.78 Å². The topological polar surface area (TPSA) is 38.3 Å². The maximum atomic E-state index is 10.7. The molecule has 0 aliphatic heterocycles. The van der Waals surface area contributed by atoms with E-state index in [0.29, 0.717) is 13.1 Å². The summed E-state index contributed by atoms with van der Waals surface area (Å²) in [5, 5.41) is 3.03. The minimum Gasteiger partial charge on any atom is -0.489 e. The zero-order chi connectivity index (χ0) is 11.1. The molecule has 0 aromatic heterocycles. The minimum absolute atomic E-state index is 0.0618. The molecule has 0 amide bonds. The lowest BCUT2D eigenvalue weighted by atomic mass is 10.3. The largest absolute Gasteiger partial charge is 0.489 e. The molecule has 0 aliphatic carbocycles. The molecule has 1 atom stereocenters. The summed E-state index contributed by atoms with van der Waals surface area (Å²) in [6.07, 6.45) is 0.0618. The Hall–Kier alpha value is -1.35. The molecule has 0 saturated heterocycles. The highest BCUT2D eigenvalue weighted by atomic mass is 16.5. The number of benzene rings is 1. The Morgan fingerprint density at radius 3 is 2.67 bits per heavy atom. The van der Waals surface area contributed by atoms with E-state index in [0.717, 1.165) is 5.75 Å². The molecular weight excluding hydrogens is 190 g/mol. The number of hydrogen-bond acceptors (Lipinski definition) is 3. The van der Waals surface area contributed by atoms with Gasteiger partial charge in [-0.2, -0.15) is 0 Å². The average Bonchev–Trinajstić information content (AvgIpc) is 2.18. The molecule has 1 rings (SSSR count). The Kier molecular flexibility index (Phi) is 4.84. The zero-order valence-corrected chi connectivity index (χ0v) is 9.19. The lowest BCUT2D eigenvalue weighted by Crippen LogP contribution is -2.31. The van der Waals surface area contributed by atoms with E-state index in [9.17, 15) is 4.79 Å². The van der Waals surface area contributed by atoms with Crippen LogP contribution in [0.15, 0.2) is 30.3 Å². The third-order valence-corrected chi connectivity index (χ3v) is 1.89. The van der Waals surface area contributed by atoms with E-state index < -0.39 is 0 Å². The Morgan fingerprint density at radius 2 is 2.07 bits per heavy atom. The van der Waals surface area contributed by atoms with Crippen LogP contribution >= 0.6 is 0 Å². The fourth-order valence-corrected chi connectivity index (χ4v) is 1.22. The second kappa shape index (κ2) is 6.19. The van der Waals surface area contributed by atoms with Crippen LogP contribution in [0.25, 0.3) is 0 Å². The molecule has 1 N–H and O–H groups in total. The van der Waals surface area contributed by atoms with Crippen molar-refractivity contribution in [1.29, 1.82) is 0 Å². The van der Waals surface area contributed by atoms with Gasteiger partial charge >= 0.3 is 0 Å². The number of nitrogens with one attached hydrogen (secondary N) is 1. The predicted octanol–water partition coefficient (Wildman–Crippen LogP) is 1.63. The molecule has 1 aromatic rings. The van der Waals surface area contributed by atoms with E-state index in [-0.39, 0.29) is 11.9 Å². The summed E-state index contributed by atoms with van der Waals surface area (Å²) in [5.41, 5.74) is 0. The van der Waals surface area contributed by atoms with Gasteiger partial charge in [-0.05, 0) is 26.0 Å². The van der Waals surface area contributed by atoms with Gasteiger partial charge in [0, 0.05) is 6.54 Å². The molecule has 0 spiro atoms. The van der Waals surface area contributed by atoms with E-state index in [4.69, 9.17) is 4.74 Å². The summed E-state index contributed by atoms with van der Waals surface area (Å²) in [5.74, 6) is 0.997. The number of ketones is 1. The number of para-hydroxylation sites is 1. The number of Topliss-reactive ketones (excluding diaryl/α,β-unsaturated/α-hetero) is 1. The maximum absolute atomic E-state index is 10.7. The fraction of sp³-hybridized carbons (Fsp3) is 0.417. The molecule has 15 heavy (non-hydrogen) atoms. The minimum atomic E-state index is 0.0618. The number of carbonyl (C=O) groups excluding carboxylic acids is 1. The van der Waals surface area contributed by atoms with Crippen LogP contribution in [-0.2, 0) is 4.79 Å². The van der Waals surface area contributed by atoms with E-state index >= 15 is 0 Å². The quantitative estimate of drug-likeness (QED) is 0.770. The van der Waals surface area contributed by atoms with Gasteiger partial charge in [-0.15, -0.1) is 0 Å². The van der Waals surface area contributed by atoms with Gasteiger partial charge in [-0.25, -0.2) is 0 Å². The van der Waals surface area contributed by atoms with Gasteiger partial charge in [0.05, 0.1) is 6.54 Å². The Bertz CT molecular complexity index is 298. The summed E-state index contributed by atoms with van der Waals surface area (Å²) in [7, 11) is 0. The van der Waals surface area contributed by atoms with Crippen LogP contribution in [0.2, 0.25) is 0 Å². The molecule has 82 valence electrons. The molecule has 3 nitrogen and oxygen atoms in total. The Morgan fingerprint density at radius 1 is 1.40 bits per heavy atom. The monoisotopic (exact) mass is 207 g/mol. The molecule has 0 heterocycles. The highest BCUT2D eigenvalue weighted by Crippen LogP contribution is 2.10. The van der Waals surface area contributed by atoms with Gasteiger partial charge < -0.3 is 10.1 Å². The first kappa shape index (κ1) is 11.7. The van der Waals surface area contributed by atoms with Crippen LogP contribution in [0.5, 0.6) is 5.75 Å². The van der Waals surface area contributed by atoms with Gasteiger partial charge in [0.2, 0.25) is 0 Å². The van der Waals surface area contributed by atoms with Crippen molar-refractivity contribution in [2.75, 3.05) is 13.1 Å². The van der Waals surface area contributed by atoms with Crippen molar-refractivity contribution < 1.29 is 9.53 Å². The number of rotatable bonds is 6. The summed E-state index contributed by atoms with van der Waals surface area (Å²) < 4.78 is 5.62. The Labute approximate surface area is 90.4 Å². The smallest absolute Gasteiger partial charge is 0.143 e. The maximum Gasteiger partial charge on any atom is 0.143 e. The molecule has 1 unspecified atom stereocenters.